The van der Waals surface area contributed by atoms with Crippen molar-refractivity contribution in [1.82, 2.24) is 5.32 Å². The zero-order chi connectivity index (χ0) is 14.0. The summed E-state index contributed by atoms with van der Waals surface area (Å²) in [7, 11) is 0. The van der Waals surface area contributed by atoms with Crippen LogP contribution in [0.5, 0.6) is 11.5 Å². The fourth-order valence-corrected chi connectivity index (χ4v) is 2.26. The molecule has 1 aromatic carbocycles. The molecular formula is C14H20N2O3. The summed E-state index contributed by atoms with van der Waals surface area (Å²) in [5.41, 5.74) is 6.48. The number of hydrogen-bond donors (Lipinski definition) is 4. The van der Waals surface area contributed by atoms with E-state index in [1.807, 2.05) is 6.92 Å². The van der Waals surface area contributed by atoms with Crippen LogP contribution >= 0.6 is 0 Å². The van der Waals surface area contributed by atoms with Gasteiger partial charge in [0.2, 0.25) is 5.91 Å². The molecule has 1 aliphatic rings. The monoisotopic (exact) mass is 264 g/mol. The molecule has 1 aliphatic carbocycles. The molecule has 0 aromatic heterocycles. The number of amides is 1. The second-order valence-electron chi connectivity index (χ2n) is 5.54. The molecule has 5 nitrogen and oxygen atoms in total. The van der Waals surface area contributed by atoms with Crippen LogP contribution in [0.3, 0.4) is 0 Å². The Morgan fingerprint density at radius 1 is 1.42 bits per heavy atom. The van der Waals surface area contributed by atoms with Gasteiger partial charge in [-0.25, -0.2) is 0 Å². The third kappa shape index (κ3) is 3.17. The first kappa shape index (κ1) is 13.7. The van der Waals surface area contributed by atoms with E-state index in [2.05, 4.69) is 5.32 Å². The van der Waals surface area contributed by atoms with E-state index in [4.69, 9.17) is 5.73 Å². The molecule has 5 heteroatoms. The summed E-state index contributed by atoms with van der Waals surface area (Å²) in [5.74, 6) is -0.547. The van der Waals surface area contributed by atoms with Crippen molar-refractivity contribution in [3.05, 3.63) is 23.8 Å². The number of benzene rings is 1. The van der Waals surface area contributed by atoms with Gasteiger partial charge in [0.05, 0.1) is 6.04 Å². The van der Waals surface area contributed by atoms with E-state index in [0.29, 0.717) is 6.42 Å². The third-order valence-electron chi connectivity index (χ3n) is 3.71. The third-order valence-corrected chi connectivity index (χ3v) is 3.71. The lowest BCUT2D eigenvalue weighted by atomic mass is 9.78. The van der Waals surface area contributed by atoms with Crippen molar-refractivity contribution < 1.29 is 15.0 Å². The fraction of sp³-hybridized carbons (Fsp3) is 0.500. The largest absolute Gasteiger partial charge is 0.504 e. The highest BCUT2D eigenvalue weighted by molar-refractivity contribution is 5.82. The topological polar surface area (TPSA) is 95.6 Å². The average Bonchev–Trinajstić information content (AvgIpc) is 2.31. The van der Waals surface area contributed by atoms with Gasteiger partial charge in [-0.05, 0) is 50.3 Å². The molecular weight excluding hydrogens is 244 g/mol. The minimum Gasteiger partial charge on any atom is -0.504 e. The van der Waals surface area contributed by atoms with Crippen LogP contribution < -0.4 is 11.1 Å². The Balaban J connectivity index is 1.94. The number of rotatable bonds is 4. The van der Waals surface area contributed by atoms with Gasteiger partial charge in [0.1, 0.15) is 0 Å². The van der Waals surface area contributed by atoms with Crippen LogP contribution in [-0.2, 0) is 11.2 Å². The maximum absolute atomic E-state index is 12.0. The number of aromatic hydroxyl groups is 2. The van der Waals surface area contributed by atoms with Crippen molar-refractivity contribution in [1.29, 1.82) is 0 Å². The highest BCUT2D eigenvalue weighted by atomic mass is 16.3. The summed E-state index contributed by atoms with van der Waals surface area (Å²) in [5, 5.41) is 21.6. The van der Waals surface area contributed by atoms with Crippen LogP contribution in [0.2, 0.25) is 0 Å². The number of phenolic OH excluding ortho intramolecular Hbond substituents is 2. The number of carbonyl (C=O) groups is 1. The standard InChI is InChI=1S/C14H20N2O3/c1-14(5-2-6-14)16-13(19)10(15)7-9-3-4-11(17)12(18)8-9/h3-4,8,10,17-18H,2,5-7,15H2,1H3,(H,16,19)/t10-/m0/s1. The first-order chi connectivity index (χ1) is 8.89. The second kappa shape index (κ2) is 5.09. The summed E-state index contributed by atoms with van der Waals surface area (Å²) < 4.78 is 0. The summed E-state index contributed by atoms with van der Waals surface area (Å²) in [6.45, 7) is 2.02. The van der Waals surface area contributed by atoms with Gasteiger partial charge < -0.3 is 21.3 Å². The van der Waals surface area contributed by atoms with Gasteiger partial charge in [-0.3, -0.25) is 4.79 Å². The molecule has 1 amide bonds. The Bertz CT molecular complexity index is 484. The quantitative estimate of drug-likeness (QED) is 0.611. The number of nitrogens with one attached hydrogen (secondary N) is 1. The summed E-state index contributed by atoms with van der Waals surface area (Å²) in [6, 6.07) is 3.81. The van der Waals surface area contributed by atoms with Gasteiger partial charge in [-0.1, -0.05) is 6.07 Å². The van der Waals surface area contributed by atoms with Crippen molar-refractivity contribution in [3.63, 3.8) is 0 Å². The highest BCUT2D eigenvalue weighted by Gasteiger charge is 2.34. The Morgan fingerprint density at radius 3 is 2.63 bits per heavy atom. The van der Waals surface area contributed by atoms with Crippen LogP contribution in [0, 0.1) is 0 Å². The molecule has 0 aliphatic heterocycles. The van der Waals surface area contributed by atoms with E-state index >= 15 is 0 Å². The Kier molecular flexibility index (Phi) is 3.66. The zero-order valence-corrected chi connectivity index (χ0v) is 11.0. The maximum atomic E-state index is 12.0. The molecule has 0 bridgehead atoms. The van der Waals surface area contributed by atoms with E-state index < -0.39 is 6.04 Å². The molecule has 5 N–H and O–H groups in total. The lowest BCUT2D eigenvalue weighted by Gasteiger charge is -2.39. The predicted molar refractivity (Wildman–Crippen MR) is 71.8 cm³/mol. The first-order valence-corrected chi connectivity index (χ1v) is 6.48. The molecule has 1 atom stereocenters. The number of hydrogen-bond acceptors (Lipinski definition) is 4. The molecule has 1 aromatic rings. The normalized spacial score (nSPS) is 18.4. The number of carbonyl (C=O) groups excluding carboxylic acids is 1. The van der Waals surface area contributed by atoms with Gasteiger partial charge in [0, 0.05) is 5.54 Å². The smallest absolute Gasteiger partial charge is 0.237 e. The van der Waals surface area contributed by atoms with Gasteiger partial charge >= 0.3 is 0 Å². The van der Waals surface area contributed by atoms with E-state index in [9.17, 15) is 15.0 Å². The molecule has 104 valence electrons. The highest BCUT2D eigenvalue weighted by Crippen LogP contribution is 2.31. The van der Waals surface area contributed by atoms with Crippen molar-refractivity contribution in [3.8, 4) is 11.5 Å². The zero-order valence-electron chi connectivity index (χ0n) is 11.0. The molecule has 0 saturated heterocycles. The van der Waals surface area contributed by atoms with Crippen LogP contribution in [0.4, 0.5) is 0 Å². The minimum atomic E-state index is -0.652. The van der Waals surface area contributed by atoms with Gasteiger partial charge in [-0.15, -0.1) is 0 Å². The molecule has 19 heavy (non-hydrogen) atoms. The molecule has 0 radical (unpaired) electrons. The van der Waals surface area contributed by atoms with E-state index in [1.54, 1.807) is 6.07 Å². The summed E-state index contributed by atoms with van der Waals surface area (Å²) in [6.07, 6.45) is 3.45. The van der Waals surface area contributed by atoms with E-state index in [0.717, 1.165) is 24.8 Å². The van der Waals surface area contributed by atoms with Gasteiger partial charge in [-0.2, -0.15) is 0 Å². The Labute approximate surface area is 112 Å². The molecule has 0 unspecified atom stereocenters. The molecule has 1 saturated carbocycles. The Hall–Kier alpha value is -1.75. The van der Waals surface area contributed by atoms with Crippen molar-refractivity contribution >= 4 is 5.91 Å². The SMILES string of the molecule is CC1(NC(=O)[C@@H](N)Cc2ccc(O)c(O)c2)CCC1. The van der Waals surface area contributed by atoms with Crippen LogP contribution in [0.15, 0.2) is 18.2 Å². The fourth-order valence-electron chi connectivity index (χ4n) is 2.26. The number of nitrogens with two attached hydrogens (primary N) is 1. The summed E-state index contributed by atoms with van der Waals surface area (Å²) in [4.78, 5) is 12.0. The lowest BCUT2D eigenvalue weighted by molar-refractivity contribution is -0.125. The Morgan fingerprint density at radius 2 is 2.11 bits per heavy atom. The first-order valence-electron chi connectivity index (χ1n) is 6.48. The maximum Gasteiger partial charge on any atom is 0.237 e. The summed E-state index contributed by atoms with van der Waals surface area (Å²) >= 11 is 0. The average molecular weight is 264 g/mol. The molecule has 0 heterocycles. The predicted octanol–water partition coefficient (Wildman–Crippen LogP) is 1.03. The second-order valence-corrected chi connectivity index (χ2v) is 5.54. The molecule has 0 spiro atoms. The van der Waals surface area contributed by atoms with Crippen molar-refractivity contribution in [2.45, 2.75) is 44.2 Å². The van der Waals surface area contributed by atoms with Gasteiger partial charge in [0.25, 0.3) is 0 Å². The van der Waals surface area contributed by atoms with E-state index in [1.165, 1.54) is 12.1 Å². The molecule has 2 rings (SSSR count). The number of phenols is 2. The van der Waals surface area contributed by atoms with Crippen LogP contribution in [0.1, 0.15) is 31.7 Å². The van der Waals surface area contributed by atoms with Crippen molar-refractivity contribution in [2.24, 2.45) is 5.73 Å². The van der Waals surface area contributed by atoms with Crippen LogP contribution in [-0.4, -0.2) is 27.7 Å². The lowest BCUT2D eigenvalue weighted by Crippen LogP contribution is -2.55. The minimum absolute atomic E-state index is 0.105. The van der Waals surface area contributed by atoms with Crippen molar-refractivity contribution in [2.75, 3.05) is 0 Å². The van der Waals surface area contributed by atoms with E-state index in [-0.39, 0.29) is 22.9 Å². The van der Waals surface area contributed by atoms with Gasteiger partial charge in [0.15, 0.2) is 11.5 Å². The molecule has 1 fully saturated rings. The van der Waals surface area contributed by atoms with Crippen LogP contribution in [0.25, 0.3) is 0 Å².